The van der Waals surface area contributed by atoms with Gasteiger partial charge in [-0.15, -0.1) is 0 Å². The number of nitrogens with zero attached hydrogens (tertiary/aromatic N) is 3. The van der Waals surface area contributed by atoms with E-state index < -0.39 is 5.60 Å². The first kappa shape index (κ1) is 14.6. The summed E-state index contributed by atoms with van der Waals surface area (Å²) in [7, 11) is 0. The van der Waals surface area contributed by atoms with Gasteiger partial charge in [-0.05, 0) is 33.6 Å². The second kappa shape index (κ2) is 6.07. The summed E-state index contributed by atoms with van der Waals surface area (Å²) in [5.41, 5.74) is -0.439. The predicted molar refractivity (Wildman–Crippen MR) is 76.5 cm³/mol. The fraction of sp³-hybridized carbons (Fsp3) is 0.643. The summed E-state index contributed by atoms with van der Waals surface area (Å²) in [6.07, 6.45) is 6.57. The van der Waals surface area contributed by atoms with Gasteiger partial charge in [-0.25, -0.2) is 9.78 Å². The summed E-state index contributed by atoms with van der Waals surface area (Å²) in [5, 5.41) is 3.34. The number of amides is 1. The lowest BCUT2D eigenvalue weighted by Crippen LogP contribution is -2.44. The fourth-order valence-corrected chi connectivity index (χ4v) is 2.12. The zero-order chi connectivity index (χ0) is 14.6. The average molecular weight is 278 g/mol. The average Bonchev–Trinajstić information content (AvgIpc) is 2.39. The van der Waals surface area contributed by atoms with Crippen LogP contribution in [0.4, 0.5) is 10.6 Å². The number of carbonyl (C=O) groups excluding carboxylic acids is 1. The van der Waals surface area contributed by atoms with Crippen LogP contribution in [-0.4, -0.2) is 45.7 Å². The van der Waals surface area contributed by atoms with Gasteiger partial charge in [0.2, 0.25) is 0 Å². The van der Waals surface area contributed by atoms with E-state index in [1.807, 2.05) is 20.8 Å². The van der Waals surface area contributed by atoms with Crippen molar-refractivity contribution < 1.29 is 9.53 Å². The Labute approximate surface area is 119 Å². The zero-order valence-electron chi connectivity index (χ0n) is 12.3. The van der Waals surface area contributed by atoms with E-state index in [1.165, 1.54) is 0 Å². The van der Waals surface area contributed by atoms with E-state index >= 15 is 0 Å². The number of anilines is 1. The van der Waals surface area contributed by atoms with Crippen LogP contribution in [0.2, 0.25) is 0 Å². The largest absolute Gasteiger partial charge is 0.444 e. The van der Waals surface area contributed by atoms with Gasteiger partial charge >= 0.3 is 6.09 Å². The van der Waals surface area contributed by atoms with Crippen LogP contribution in [0.25, 0.3) is 0 Å². The lowest BCUT2D eigenvalue weighted by Gasteiger charge is -2.33. The van der Waals surface area contributed by atoms with Gasteiger partial charge in [-0.1, -0.05) is 0 Å². The molecule has 6 nitrogen and oxygen atoms in total. The van der Waals surface area contributed by atoms with Crippen LogP contribution in [0.15, 0.2) is 18.6 Å². The molecule has 1 aliphatic heterocycles. The van der Waals surface area contributed by atoms with Crippen molar-refractivity contribution in [1.82, 2.24) is 14.9 Å². The van der Waals surface area contributed by atoms with Crippen molar-refractivity contribution in [2.75, 3.05) is 18.4 Å². The summed E-state index contributed by atoms with van der Waals surface area (Å²) in [6, 6.07) is 0.324. The van der Waals surface area contributed by atoms with Gasteiger partial charge in [0.1, 0.15) is 11.4 Å². The van der Waals surface area contributed by atoms with Crippen LogP contribution in [0.5, 0.6) is 0 Å². The normalized spacial score (nSPS) is 16.9. The molecule has 1 fully saturated rings. The van der Waals surface area contributed by atoms with Crippen molar-refractivity contribution in [2.24, 2.45) is 0 Å². The molecule has 2 rings (SSSR count). The van der Waals surface area contributed by atoms with E-state index in [0.29, 0.717) is 19.1 Å². The number of ether oxygens (including phenoxy) is 1. The van der Waals surface area contributed by atoms with E-state index in [-0.39, 0.29) is 6.09 Å². The molecule has 0 spiro atoms. The molecule has 20 heavy (non-hydrogen) atoms. The first-order chi connectivity index (χ1) is 9.44. The molecule has 0 bridgehead atoms. The number of likely N-dealkylation sites (tertiary alicyclic amines) is 1. The third-order valence-corrected chi connectivity index (χ3v) is 3.06. The SMILES string of the molecule is CC(C)(C)OC(=O)N1CCC(Nc2cnccn2)CC1. The molecule has 0 atom stereocenters. The van der Waals surface area contributed by atoms with Gasteiger partial charge in [-0.2, -0.15) is 0 Å². The number of nitrogens with one attached hydrogen (secondary N) is 1. The molecule has 1 aliphatic rings. The fourth-order valence-electron chi connectivity index (χ4n) is 2.12. The molecule has 0 aromatic carbocycles. The van der Waals surface area contributed by atoms with Crippen LogP contribution in [0.1, 0.15) is 33.6 Å². The second-order valence-electron chi connectivity index (χ2n) is 5.98. The van der Waals surface area contributed by atoms with Crippen molar-refractivity contribution in [3.63, 3.8) is 0 Å². The maximum atomic E-state index is 11.9. The number of aromatic nitrogens is 2. The molecule has 0 aliphatic carbocycles. The minimum absolute atomic E-state index is 0.226. The minimum atomic E-state index is -0.439. The molecule has 2 heterocycles. The van der Waals surface area contributed by atoms with E-state index in [9.17, 15) is 4.79 Å². The molecular formula is C14H22N4O2. The molecule has 0 radical (unpaired) electrons. The molecule has 1 aromatic heterocycles. The standard InChI is InChI=1S/C14H22N4O2/c1-14(2,3)20-13(19)18-8-4-11(5-9-18)17-12-10-15-6-7-16-12/h6-7,10-11H,4-5,8-9H2,1-3H3,(H,16,17). The van der Waals surface area contributed by atoms with Gasteiger partial charge < -0.3 is 15.0 Å². The van der Waals surface area contributed by atoms with Crippen LogP contribution in [0, 0.1) is 0 Å². The summed E-state index contributed by atoms with van der Waals surface area (Å²) in [6.45, 7) is 7.05. The third kappa shape index (κ3) is 4.36. The number of carbonyl (C=O) groups is 1. The van der Waals surface area contributed by atoms with Crippen molar-refractivity contribution >= 4 is 11.9 Å². The van der Waals surface area contributed by atoms with Gasteiger partial charge in [0.15, 0.2) is 0 Å². The summed E-state index contributed by atoms with van der Waals surface area (Å²) < 4.78 is 5.37. The molecule has 0 saturated carbocycles. The highest BCUT2D eigenvalue weighted by atomic mass is 16.6. The van der Waals surface area contributed by atoms with Crippen molar-refractivity contribution in [3.8, 4) is 0 Å². The lowest BCUT2D eigenvalue weighted by molar-refractivity contribution is 0.0210. The van der Waals surface area contributed by atoms with E-state index in [2.05, 4.69) is 15.3 Å². The molecule has 1 saturated heterocycles. The van der Waals surface area contributed by atoms with E-state index in [4.69, 9.17) is 4.74 Å². The van der Waals surface area contributed by atoms with Crippen LogP contribution < -0.4 is 5.32 Å². The Balaban J connectivity index is 1.79. The molecule has 110 valence electrons. The monoisotopic (exact) mass is 278 g/mol. The molecule has 1 aromatic rings. The maximum absolute atomic E-state index is 11.9. The van der Waals surface area contributed by atoms with E-state index in [1.54, 1.807) is 23.5 Å². The van der Waals surface area contributed by atoms with Crippen molar-refractivity contribution in [1.29, 1.82) is 0 Å². The topological polar surface area (TPSA) is 67.3 Å². The number of piperidine rings is 1. The van der Waals surface area contributed by atoms with Crippen LogP contribution >= 0.6 is 0 Å². The second-order valence-corrected chi connectivity index (χ2v) is 5.98. The maximum Gasteiger partial charge on any atom is 0.410 e. The Hall–Kier alpha value is -1.85. The molecule has 1 N–H and O–H groups in total. The summed E-state index contributed by atoms with van der Waals surface area (Å²) in [5.74, 6) is 0.781. The number of rotatable bonds is 2. The molecular weight excluding hydrogens is 256 g/mol. The van der Waals surface area contributed by atoms with Crippen molar-refractivity contribution in [3.05, 3.63) is 18.6 Å². The summed E-state index contributed by atoms with van der Waals surface area (Å²) >= 11 is 0. The Bertz CT molecular complexity index is 436. The highest BCUT2D eigenvalue weighted by Gasteiger charge is 2.26. The van der Waals surface area contributed by atoms with Gasteiger partial charge in [0, 0.05) is 31.5 Å². The molecule has 1 amide bonds. The zero-order valence-corrected chi connectivity index (χ0v) is 12.3. The third-order valence-electron chi connectivity index (χ3n) is 3.06. The van der Waals surface area contributed by atoms with Crippen LogP contribution in [-0.2, 0) is 4.74 Å². The molecule has 0 unspecified atom stereocenters. The Morgan fingerprint density at radius 2 is 2.05 bits per heavy atom. The highest BCUT2D eigenvalue weighted by molar-refractivity contribution is 5.68. The van der Waals surface area contributed by atoms with Gasteiger partial charge in [0.05, 0.1) is 6.20 Å². The van der Waals surface area contributed by atoms with E-state index in [0.717, 1.165) is 18.7 Å². The van der Waals surface area contributed by atoms with Gasteiger partial charge in [0.25, 0.3) is 0 Å². The first-order valence-corrected chi connectivity index (χ1v) is 6.94. The number of hydrogen-bond acceptors (Lipinski definition) is 5. The Kier molecular flexibility index (Phi) is 4.42. The van der Waals surface area contributed by atoms with Crippen molar-refractivity contribution in [2.45, 2.75) is 45.3 Å². The quantitative estimate of drug-likeness (QED) is 0.899. The summed E-state index contributed by atoms with van der Waals surface area (Å²) in [4.78, 5) is 21.9. The molecule has 6 heteroatoms. The predicted octanol–water partition coefficient (Wildman–Crippen LogP) is 2.29. The smallest absolute Gasteiger partial charge is 0.410 e. The highest BCUT2D eigenvalue weighted by Crippen LogP contribution is 2.17. The minimum Gasteiger partial charge on any atom is -0.444 e. The lowest BCUT2D eigenvalue weighted by atomic mass is 10.1. The number of hydrogen-bond donors (Lipinski definition) is 1. The van der Waals surface area contributed by atoms with Gasteiger partial charge in [-0.3, -0.25) is 4.98 Å². The first-order valence-electron chi connectivity index (χ1n) is 6.94. The van der Waals surface area contributed by atoms with Crippen LogP contribution in [0.3, 0.4) is 0 Å². The Morgan fingerprint density at radius 3 is 2.60 bits per heavy atom. The Morgan fingerprint density at radius 1 is 1.35 bits per heavy atom.